The van der Waals surface area contributed by atoms with E-state index in [2.05, 4.69) is 0 Å². The molecule has 12 heavy (non-hydrogen) atoms. The Labute approximate surface area is 68.2 Å². The van der Waals surface area contributed by atoms with E-state index in [0.717, 1.165) is 0 Å². The molecule has 0 aromatic rings. The SMILES string of the molecule is O=C(O)CCC(NCF)C(=O)O. The molecule has 0 saturated carbocycles. The Balaban J connectivity index is 3.79. The number of alkyl halides is 1. The van der Waals surface area contributed by atoms with Gasteiger partial charge in [0, 0.05) is 6.42 Å². The van der Waals surface area contributed by atoms with Crippen molar-refractivity contribution in [2.45, 2.75) is 18.9 Å². The van der Waals surface area contributed by atoms with E-state index in [4.69, 9.17) is 10.2 Å². The van der Waals surface area contributed by atoms with E-state index in [0.29, 0.717) is 0 Å². The van der Waals surface area contributed by atoms with Crippen LogP contribution in [-0.2, 0) is 9.59 Å². The molecule has 0 rings (SSSR count). The highest BCUT2D eigenvalue weighted by atomic mass is 19.1. The van der Waals surface area contributed by atoms with Gasteiger partial charge >= 0.3 is 11.9 Å². The van der Waals surface area contributed by atoms with Crippen LogP contribution in [0, 0.1) is 0 Å². The molecule has 0 fully saturated rings. The lowest BCUT2D eigenvalue weighted by Gasteiger charge is -2.09. The lowest BCUT2D eigenvalue weighted by molar-refractivity contribution is -0.140. The van der Waals surface area contributed by atoms with Gasteiger partial charge in [0.05, 0.1) is 0 Å². The van der Waals surface area contributed by atoms with Crippen LogP contribution in [0.1, 0.15) is 12.8 Å². The van der Waals surface area contributed by atoms with Crippen molar-refractivity contribution in [3.05, 3.63) is 0 Å². The summed E-state index contributed by atoms with van der Waals surface area (Å²) in [5, 5.41) is 18.6. The van der Waals surface area contributed by atoms with Crippen LogP contribution in [0.15, 0.2) is 0 Å². The van der Waals surface area contributed by atoms with Crippen molar-refractivity contribution >= 4 is 11.9 Å². The summed E-state index contributed by atoms with van der Waals surface area (Å²) in [5.74, 6) is -2.34. The second-order valence-electron chi connectivity index (χ2n) is 2.16. The number of nitrogens with one attached hydrogen (secondary N) is 1. The summed E-state index contributed by atoms with van der Waals surface area (Å²) in [5.41, 5.74) is 0. The number of carboxylic acid groups (broad SMARTS) is 2. The summed E-state index contributed by atoms with van der Waals surface area (Å²) in [4.78, 5) is 20.3. The molecule has 0 bridgehead atoms. The van der Waals surface area contributed by atoms with Gasteiger partial charge in [0.1, 0.15) is 12.8 Å². The summed E-state index contributed by atoms with van der Waals surface area (Å²) in [7, 11) is 0. The minimum absolute atomic E-state index is 0.116. The molecule has 0 aliphatic rings. The van der Waals surface area contributed by atoms with Gasteiger partial charge in [-0.05, 0) is 6.42 Å². The van der Waals surface area contributed by atoms with E-state index in [1.165, 1.54) is 0 Å². The molecule has 70 valence electrons. The smallest absolute Gasteiger partial charge is 0.320 e. The Bertz CT molecular complexity index is 173. The predicted molar refractivity (Wildman–Crippen MR) is 37.4 cm³/mol. The number of carbonyl (C=O) groups is 2. The van der Waals surface area contributed by atoms with Gasteiger partial charge < -0.3 is 10.2 Å². The molecule has 6 heteroatoms. The highest BCUT2D eigenvalue weighted by Crippen LogP contribution is 1.97. The van der Waals surface area contributed by atoms with Crippen LogP contribution < -0.4 is 5.32 Å². The molecular formula is C6H10FNO4. The van der Waals surface area contributed by atoms with Gasteiger partial charge in [-0.1, -0.05) is 0 Å². The van der Waals surface area contributed by atoms with Crippen molar-refractivity contribution in [2.75, 3.05) is 6.80 Å². The minimum Gasteiger partial charge on any atom is -0.481 e. The summed E-state index contributed by atoms with van der Waals surface area (Å²) in [6.07, 6.45) is -0.404. The van der Waals surface area contributed by atoms with E-state index in [9.17, 15) is 14.0 Å². The average Bonchev–Trinajstić information content (AvgIpc) is 1.96. The van der Waals surface area contributed by atoms with Gasteiger partial charge in [-0.25, -0.2) is 4.39 Å². The molecule has 0 aromatic heterocycles. The molecule has 0 aliphatic carbocycles. The molecule has 5 nitrogen and oxygen atoms in total. The van der Waals surface area contributed by atoms with Crippen molar-refractivity contribution in [3.8, 4) is 0 Å². The zero-order valence-electron chi connectivity index (χ0n) is 6.29. The number of halogens is 1. The van der Waals surface area contributed by atoms with Crippen LogP contribution >= 0.6 is 0 Å². The van der Waals surface area contributed by atoms with Crippen LogP contribution in [0.5, 0.6) is 0 Å². The van der Waals surface area contributed by atoms with Gasteiger partial charge in [-0.3, -0.25) is 14.9 Å². The maximum absolute atomic E-state index is 11.6. The molecule has 0 amide bonds. The Hall–Kier alpha value is -1.17. The van der Waals surface area contributed by atoms with Crippen molar-refractivity contribution < 1.29 is 24.2 Å². The third kappa shape index (κ3) is 4.62. The zero-order chi connectivity index (χ0) is 9.56. The van der Waals surface area contributed by atoms with E-state index in [-0.39, 0.29) is 12.8 Å². The molecule has 0 aromatic carbocycles. The largest absolute Gasteiger partial charge is 0.481 e. The number of hydrogen-bond donors (Lipinski definition) is 3. The maximum Gasteiger partial charge on any atom is 0.320 e. The van der Waals surface area contributed by atoms with Gasteiger partial charge in [0.15, 0.2) is 0 Å². The van der Waals surface area contributed by atoms with Crippen molar-refractivity contribution in [1.82, 2.24) is 5.32 Å². The molecule has 0 aliphatic heterocycles. The van der Waals surface area contributed by atoms with Crippen LogP contribution in [0.25, 0.3) is 0 Å². The Morgan fingerprint density at radius 1 is 1.42 bits per heavy atom. The molecule has 0 heterocycles. The molecule has 0 saturated heterocycles. The third-order valence-electron chi connectivity index (χ3n) is 1.27. The predicted octanol–water partition coefficient (Wildman–Crippen LogP) is -0.179. The van der Waals surface area contributed by atoms with Gasteiger partial charge in [-0.2, -0.15) is 0 Å². The first-order valence-corrected chi connectivity index (χ1v) is 3.32. The quantitative estimate of drug-likeness (QED) is 0.492. The van der Waals surface area contributed by atoms with Crippen molar-refractivity contribution in [2.24, 2.45) is 0 Å². The molecule has 3 N–H and O–H groups in total. The van der Waals surface area contributed by atoms with E-state index < -0.39 is 24.8 Å². The number of rotatable bonds is 6. The number of hydrogen-bond acceptors (Lipinski definition) is 3. The monoisotopic (exact) mass is 179 g/mol. The summed E-state index contributed by atoms with van der Waals surface area (Å²) in [6, 6.07) is -1.12. The third-order valence-corrected chi connectivity index (χ3v) is 1.27. The molecule has 0 spiro atoms. The Kier molecular flexibility index (Phi) is 4.94. The Morgan fingerprint density at radius 3 is 2.33 bits per heavy atom. The fraction of sp³-hybridized carbons (Fsp3) is 0.667. The highest BCUT2D eigenvalue weighted by molar-refractivity contribution is 5.75. The first-order valence-electron chi connectivity index (χ1n) is 3.32. The zero-order valence-corrected chi connectivity index (χ0v) is 6.29. The van der Waals surface area contributed by atoms with Gasteiger partial charge in [-0.15, -0.1) is 0 Å². The molecular weight excluding hydrogens is 169 g/mol. The minimum atomic E-state index is -1.24. The second-order valence-corrected chi connectivity index (χ2v) is 2.16. The van der Waals surface area contributed by atoms with Crippen LogP contribution in [0.4, 0.5) is 4.39 Å². The second kappa shape index (κ2) is 5.48. The van der Waals surface area contributed by atoms with Crippen molar-refractivity contribution in [3.63, 3.8) is 0 Å². The first kappa shape index (κ1) is 10.8. The van der Waals surface area contributed by atoms with E-state index in [1.807, 2.05) is 5.32 Å². The first-order chi connectivity index (χ1) is 5.57. The maximum atomic E-state index is 11.6. The summed E-state index contributed by atoms with van der Waals surface area (Å²) >= 11 is 0. The Morgan fingerprint density at radius 2 is 2.00 bits per heavy atom. The fourth-order valence-electron chi connectivity index (χ4n) is 0.674. The van der Waals surface area contributed by atoms with Crippen LogP contribution in [0.3, 0.4) is 0 Å². The van der Waals surface area contributed by atoms with Crippen molar-refractivity contribution in [1.29, 1.82) is 0 Å². The standard InChI is InChI=1S/C6H10FNO4/c7-3-8-4(6(11)12)1-2-5(9)10/h4,8H,1-3H2,(H,9,10)(H,11,12). The van der Waals surface area contributed by atoms with Gasteiger partial charge in [0.2, 0.25) is 0 Å². The fourth-order valence-corrected chi connectivity index (χ4v) is 0.674. The number of carboxylic acids is 2. The topological polar surface area (TPSA) is 86.6 Å². The lowest BCUT2D eigenvalue weighted by Crippen LogP contribution is -2.36. The average molecular weight is 179 g/mol. The van der Waals surface area contributed by atoms with Crippen LogP contribution in [-0.4, -0.2) is 35.0 Å². The summed E-state index contributed by atoms with van der Waals surface area (Å²) < 4.78 is 11.6. The van der Waals surface area contributed by atoms with E-state index in [1.54, 1.807) is 0 Å². The number of aliphatic carboxylic acids is 2. The normalized spacial score (nSPS) is 12.4. The lowest BCUT2D eigenvalue weighted by atomic mass is 10.1. The van der Waals surface area contributed by atoms with Crippen LogP contribution in [0.2, 0.25) is 0 Å². The summed E-state index contributed by atoms with van der Waals surface area (Å²) in [6.45, 7) is -0.976. The molecule has 0 radical (unpaired) electrons. The highest BCUT2D eigenvalue weighted by Gasteiger charge is 2.17. The molecule has 1 atom stereocenters. The van der Waals surface area contributed by atoms with E-state index >= 15 is 0 Å². The molecule has 1 unspecified atom stereocenters. The van der Waals surface area contributed by atoms with Gasteiger partial charge in [0.25, 0.3) is 0 Å².